The number of hydrogen-bond donors (Lipinski definition) is 0. The predicted molar refractivity (Wildman–Crippen MR) is 75.0 cm³/mol. The molecular weight excluding hydrogens is 317 g/mol. The number of aromatic nitrogens is 3. The fourth-order valence-corrected chi connectivity index (χ4v) is 3.06. The van der Waals surface area contributed by atoms with Crippen molar-refractivity contribution in [3.8, 4) is 5.88 Å². The Kier molecular flexibility index (Phi) is 4.14. The van der Waals surface area contributed by atoms with E-state index in [0.29, 0.717) is 48.3 Å². The van der Waals surface area contributed by atoms with E-state index in [2.05, 4.69) is 15.0 Å². The minimum Gasteiger partial charge on any atom is -0.473 e. The Balaban J connectivity index is 1.56. The van der Waals surface area contributed by atoms with E-state index < -0.39 is 11.1 Å². The molecule has 2 aromatic heterocycles. The van der Waals surface area contributed by atoms with Crippen molar-refractivity contribution in [3.63, 3.8) is 0 Å². The van der Waals surface area contributed by atoms with Gasteiger partial charge in [0.05, 0.1) is 12.4 Å². The van der Waals surface area contributed by atoms with Crippen LogP contribution in [-0.4, -0.2) is 34.1 Å². The smallest absolute Gasteiger partial charge is 0.427 e. The third-order valence-corrected chi connectivity index (χ3v) is 4.42. The molecule has 0 unspecified atom stereocenters. The summed E-state index contributed by atoms with van der Waals surface area (Å²) in [6.45, 7) is 1.21. The van der Waals surface area contributed by atoms with Crippen molar-refractivity contribution < 1.29 is 17.9 Å². The highest BCUT2D eigenvalue weighted by molar-refractivity contribution is 7.15. The number of piperidine rings is 1. The van der Waals surface area contributed by atoms with Gasteiger partial charge >= 0.3 is 6.18 Å². The van der Waals surface area contributed by atoms with Crippen molar-refractivity contribution in [2.24, 2.45) is 0 Å². The molecule has 0 aromatic carbocycles. The first-order valence-electron chi connectivity index (χ1n) is 6.73. The average Bonchev–Trinajstić information content (AvgIpc) is 2.99. The maximum absolute atomic E-state index is 12.6. The summed E-state index contributed by atoms with van der Waals surface area (Å²) in [5.41, 5.74) is 0. The van der Waals surface area contributed by atoms with Crippen LogP contribution in [0.4, 0.5) is 18.3 Å². The Morgan fingerprint density at radius 2 is 1.91 bits per heavy atom. The van der Waals surface area contributed by atoms with Crippen molar-refractivity contribution in [2.45, 2.75) is 25.1 Å². The van der Waals surface area contributed by atoms with Gasteiger partial charge in [0, 0.05) is 38.3 Å². The molecule has 0 bridgehead atoms. The number of ether oxygens (including phenoxy) is 1. The third kappa shape index (κ3) is 3.46. The molecule has 1 saturated heterocycles. The molecule has 0 N–H and O–H groups in total. The van der Waals surface area contributed by atoms with Gasteiger partial charge in [0.2, 0.25) is 5.88 Å². The summed E-state index contributed by atoms with van der Waals surface area (Å²) in [6, 6.07) is 0. The normalized spacial score (nSPS) is 16.8. The zero-order valence-corrected chi connectivity index (χ0v) is 12.3. The van der Waals surface area contributed by atoms with Gasteiger partial charge in [-0.25, -0.2) is 9.97 Å². The molecule has 118 valence electrons. The molecule has 1 aliphatic heterocycles. The first kappa shape index (κ1) is 15.0. The van der Waals surface area contributed by atoms with E-state index in [-0.39, 0.29) is 6.10 Å². The van der Waals surface area contributed by atoms with Crippen LogP contribution in [0.5, 0.6) is 5.88 Å². The van der Waals surface area contributed by atoms with Crippen LogP contribution in [0.15, 0.2) is 24.8 Å². The molecule has 0 atom stereocenters. The van der Waals surface area contributed by atoms with Crippen LogP contribution < -0.4 is 9.64 Å². The van der Waals surface area contributed by atoms with Crippen LogP contribution in [0.25, 0.3) is 0 Å². The predicted octanol–water partition coefficient (Wildman–Crippen LogP) is 3.00. The molecular formula is C13H13F3N4OS. The SMILES string of the molecule is FC(F)(F)c1cnc(N2CCC(Oc3cnccn3)CC2)s1. The fourth-order valence-electron chi connectivity index (χ4n) is 2.22. The number of halogens is 3. The Morgan fingerprint density at radius 3 is 2.50 bits per heavy atom. The summed E-state index contributed by atoms with van der Waals surface area (Å²) < 4.78 is 43.5. The molecule has 9 heteroatoms. The van der Waals surface area contributed by atoms with Gasteiger partial charge in [-0.05, 0) is 0 Å². The molecule has 2 aromatic rings. The van der Waals surface area contributed by atoms with Crippen molar-refractivity contribution in [1.82, 2.24) is 15.0 Å². The first-order valence-corrected chi connectivity index (χ1v) is 7.54. The van der Waals surface area contributed by atoms with E-state index in [4.69, 9.17) is 4.74 Å². The van der Waals surface area contributed by atoms with E-state index in [0.717, 1.165) is 6.20 Å². The van der Waals surface area contributed by atoms with Crippen LogP contribution in [-0.2, 0) is 6.18 Å². The summed E-state index contributed by atoms with van der Waals surface area (Å²) in [4.78, 5) is 13.0. The molecule has 1 aliphatic rings. The minimum atomic E-state index is -4.33. The van der Waals surface area contributed by atoms with Crippen molar-refractivity contribution in [3.05, 3.63) is 29.7 Å². The van der Waals surface area contributed by atoms with Crippen LogP contribution >= 0.6 is 11.3 Å². The van der Waals surface area contributed by atoms with Gasteiger partial charge in [0.15, 0.2) is 5.13 Å². The number of hydrogen-bond acceptors (Lipinski definition) is 6. The summed E-state index contributed by atoms with van der Waals surface area (Å²) in [5.74, 6) is 0.467. The van der Waals surface area contributed by atoms with E-state index >= 15 is 0 Å². The van der Waals surface area contributed by atoms with E-state index in [1.165, 1.54) is 0 Å². The zero-order chi connectivity index (χ0) is 15.6. The monoisotopic (exact) mass is 330 g/mol. The third-order valence-electron chi connectivity index (χ3n) is 3.31. The molecule has 0 saturated carbocycles. The number of nitrogens with zero attached hydrogens (tertiary/aromatic N) is 4. The number of rotatable bonds is 3. The maximum Gasteiger partial charge on any atom is 0.427 e. The molecule has 22 heavy (non-hydrogen) atoms. The molecule has 0 aliphatic carbocycles. The highest BCUT2D eigenvalue weighted by atomic mass is 32.1. The van der Waals surface area contributed by atoms with E-state index in [9.17, 15) is 13.2 Å². The first-order chi connectivity index (χ1) is 10.5. The van der Waals surface area contributed by atoms with Gasteiger partial charge in [0.1, 0.15) is 11.0 Å². The van der Waals surface area contributed by atoms with Gasteiger partial charge in [-0.2, -0.15) is 13.2 Å². The lowest BCUT2D eigenvalue weighted by Gasteiger charge is -2.31. The van der Waals surface area contributed by atoms with Crippen molar-refractivity contribution >= 4 is 16.5 Å². The lowest BCUT2D eigenvalue weighted by atomic mass is 10.1. The highest BCUT2D eigenvalue weighted by Crippen LogP contribution is 2.37. The Bertz CT molecular complexity index is 611. The number of anilines is 1. The van der Waals surface area contributed by atoms with Gasteiger partial charge in [0.25, 0.3) is 0 Å². The second-order valence-corrected chi connectivity index (χ2v) is 5.86. The Morgan fingerprint density at radius 1 is 1.14 bits per heavy atom. The topological polar surface area (TPSA) is 51.1 Å². The van der Waals surface area contributed by atoms with Crippen LogP contribution in [0.1, 0.15) is 17.7 Å². The standard InChI is InChI=1S/C13H13F3N4OS/c14-13(15,16)10-7-19-12(22-10)20-5-1-9(2-6-20)21-11-8-17-3-4-18-11/h3-4,7-9H,1-2,5-6H2. The zero-order valence-electron chi connectivity index (χ0n) is 11.5. The Hall–Kier alpha value is -1.90. The molecule has 5 nitrogen and oxygen atoms in total. The molecule has 0 amide bonds. The summed E-state index contributed by atoms with van der Waals surface area (Å²) in [6.07, 6.45) is 2.63. The summed E-state index contributed by atoms with van der Waals surface area (Å²) in [7, 11) is 0. The lowest BCUT2D eigenvalue weighted by molar-refractivity contribution is -0.134. The quantitative estimate of drug-likeness (QED) is 0.866. The molecule has 0 radical (unpaired) electrons. The average molecular weight is 330 g/mol. The second kappa shape index (κ2) is 6.07. The molecule has 3 heterocycles. The second-order valence-electron chi connectivity index (χ2n) is 4.85. The van der Waals surface area contributed by atoms with Gasteiger partial charge in [-0.3, -0.25) is 4.98 Å². The number of alkyl halides is 3. The maximum atomic E-state index is 12.6. The molecule has 0 spiro atoms. The van der Waals surface area contributed by atoms with Crippen molar-refractivity contribution in [1.29, 1.82) is 0 Å². The van der Waals surface area contributed by atoms with Crippen LogP contribution in [0, 0.1) is 0 Å². The van der Waals surface area contributed by atoms with Crippen LogP contribution in [0.2, 0.25) is 0 Å². The van der Waals surface area contributed by atoms with Gasteiger partial charge < -0.3 is 9.64 Å². The van der Waals surface area contributed by atoms with Crippen LogP contribution in [0.3, 0.4) is 0 Å². The largest absolute Gasteiger partial charge is 0.473 e. The minimum absolute atomic E-state index is 0.00463. The number of thiazole rings is 1. The highest BCUT2D eigenvalue weighted by Gasteiger charge is 2.34. The van der Waals surface area contributed by atoms with E-state index in [1.54, 1.807) is 18.6 Å². The summed E-state index contributed by atoms with van der Waals surface area (Å²) >= 11 is 0.678. The van der Waals surface area contributed by atoms with Crippen molar-refractivity contribution in [2.75, 3.05) is 18.0 Å². The lowest BCUT2D eigenvalue weighted by Crippen LogP contribution is -2.38. The summed E-state index contributed by atoms with van der Waals surface area (Å²) in [5, 5.41) is 0.408. The van der Waals surface area contributed by atoms with E-state index in [1.807, 2.05) is 4.90 Å². The van der Waals surface area contributed by atoms with Gasteiger partial charge in [-0.1, -0.05) is 11.3 Å². The molecule has 3 rings (SSSR count). The fraction of sp³-hybridized carbons (Fsp3) is 0.462. The molecule has 1 fully saturated rings. The van der Waals surface area contributed by atoms with Gasteiger partial charge in [-0.15, -0.1) is 0 Å². The Labute approximate surface area is 128 Å².